The first-order chi connectivity index (χ1) is 8.81. The Morgan fingerprint density at radius 3 is 2.89 bits per heavy atom. The SMILES string of the molecule is CCC1CCN(c2nc(C3CC3)ns2)C(CN)C1. The van der Waals surface area contributed by atoms with Crippen molar-refractivity contribution in [1.82, 2.24) is 9.36 Å². The molecule has 1 aromatic rings. The third-order valence-electron chi connectivity index (χ3n) is 4.29. The average molecular weight is 266 g/mol. The van der Waals surface area contributed by atoms with Crippen LogP contribution in [0.15, 0.2) is 0 Å². The maximum Gasteiger partial charge on any atom is 0.205 e. The van der Waals surface area contributed by atoms with Crippen LogP contribution < -0.4 is 10.6 Å². The first-order valence-electron chi connectivity index (χ1n) is 7.12. The van der Waals surface area contributed by atoms with Gasteiger partial charge in [0.25, 0.3) is 0 Å². The van der Waals surface area contributed by atoms with Crippen molar-refractivity contribution in [3.05, 3.63) is 5.82 Å². The van der Waals surface area contributed by atoms with E-state index in [2.05, 4.69) is 16.2 Å². The molecule has 18 heavy (non-hydrogen) atoms. The molecular weight excluding hydrogens is 244 g/mol. The summed E-state index contributed by atoms with van der Waals surface area (Å²) in [5.41, 5.74) is 5.94. The third kappa shape index (κ3) is 2.38. The molecule has 0 radical (unpaired) electrons. The van der Waals surface area contributed by atoms with E-state index in [0.717, 1.165) is 30.0 Å². The van der Waals surface area contributed by atoms with E-state index in [1.807, 2.05) is 0 Å². The molecule has 2 atom stereocenters. The number of hydrogen-bond donors (Lipinski definition) is 1. The van der Waals surface area contributed by atoms with E-state index >= 15 is 0 Å². The number of rotatable bonds is 4. The molecule has 1 saturated heterocycles. The van der Waals surface area contributed by atoms with Gasteiger partial charge < -0.3 is 10.6 Å². The second-order valence-corrected chi connectivity index (χ2v) is 6.32. The van der Waals surface area contributed by atoms with Gasteiger partial charge in [-0.25, -0.2) is 4.98 Å². The van der Waals surface area contributed by atoms with E-state index in [4.69, 9.17) is 10.7 Å². The average Bonchev–Trinajstić information content (AvgIpc) is 3.16. The van der Waals surface area contributed by atoms with Crippen LogP contribution in [0.1, 0.15) is 50.8 Å². The zero-order valence-corrected chi connectivity index (χ0v) is 11.8. The fourth-order valence-electron chi connectivity index (χ4n) is 2.83. The largest absolute Gasteiger partial charge is 0.343 e. The zero-order valence-electron chi connectivity index (χ0n) is 11.0. The van der Waals surface area contributed by atoms with Crippen molar-refractivity contribution in [2.45, 2.75) is 51.0 Å². The van der Waals surface area contributed by atoms with Crippen molar-refractivity contribution in [3.8, 4) is 0 Å². The van der Waals surface area contributed by atoms with E-state index in [0.29, 0.717) is 12.0 Å². The smallest absolute Gasteiger partial charge is 0.205 e. The van der Waals surface area contributed by atoms with Gasteiger partial charge in [0.05, 0.1) is 0 Å². The third-order valence-corrected chi connectivity index (χ3v) is 5.06. The van der Waals surface area contributed by atoms with Crippen LogP contribution in [-0.4, -0.2) is 28.5 Å². The Kier molecular flexibility index (Phi) is 3.52. The van der Waals surface area contributed by atoms with Crippen LogP contribution in [0.25, 0.3) is 0 Å². The van der Waals surface area contributed by atoms with Gasteiger partial charge in [-0.2, -0.15) is 4.37 Å². The van der Waals surface area contributed by atoms with Crippen LogP contribution in [0.2, 0.25) is 0 Å². The summed E-state index contributed by atoms with van der Waals surface area (Å²) in [6.07, 6.45) is 6.30. The molecule has 1 aliphatic carbocycles. The lowest BCUT2D eigenvalue weighted by atomic mass is 9.89. The molecule has 2 fully saturated rings. The standard InChI is InChI=1S/C13H22N4S/c1-2-9-5-6-17(11(7-9)8-14)13-15-12(16-18-13)10-3-4-10/h9-11H,2-8,14H2,1H3. The second-order valence-electron chi connectivity index (χ2n) is 5.59. The summed E-state index contributed by atoms with van der Waals surface area (Å²) in [6.45, 7) is 4.11. The van der Waals surface area contributed by atoms with E-state index < -0.39 is 0 Å². The number of aromatic nitrogens is 2. The van der Waals surface area contributed by atoms with Gasteiger partial charge in [0.2, 0.25) is 5.13 Å². The van der Waals surface area contributed by atoms with Crippen molar-refractivity contribution in [3.63, 3.8) is 0 Å². The molecule has 5 heteroatoms. The van der Waals surface area contributed by atoms with Crippen LogP contribution in [0, 0.1) is 5.92 Å². The summed E-state index contributed by atoms with van der Waals surface area (Å²) in [6, 6.07) is 0.462. The summed E-state index contributed by atoms with van der Waals surface area (Å²) in [4.78, 5) is 7.12. The van der Waals surface area contributed by atoms with Gasteiger partial charge in [-0.05, 0) is 31.6 Å². The molecule has 100 valence electrons. The van der Waals surface area contributed by atoms with Crippen LogP contribution in [0.4, 0.5) is 5.13 Å². The molecule has 0 bridgehead atoms. The maximum atomic E-state index is 5.94. The summed E-state index contributed by atoms with van der Waals surface area (Å²) in [7, 11) is 0. The zero-order chi connectivity index (χ0) is 12.5. The van der Waals surface area contributed by atoms with Gasteiger partial charge in [-0.1, -0.05) is 13.3 Å². The lowest BCUT2D eigenvalue weighted by Gasteiger charge is -2.38. The Morgan fingerprint density at radius 1 is 1.39 bits per heavy atom. The Balaban J connectivity index is 1.72. The van der Waals surface area contributed by atoms with E-state index in [1.54, 1.807) is 11.5 Å². The number of anilines is 1. The summed E-state index contributed by atoms with van der Waals surface area (Å²) < 4.78 is 4.51. The molecule has 1 aliphatic heterocycles. The highest BCUT2D eigenvalue weighted by Gasteiger charge is 2.32. The Hall–Kier alpha value is -0.680. The number of nitrogens with two attached hydrogens (primary N) is 1. The fraction of sp³-hybridized carbons (Fsp3) is 0.846. The molecular formula is C13H22N4S. The molecule has 4 nitrogen and oxygen atoms in total. The van der Waals surface area contributed by atoms with Crippen LogP contribution >= 0.6 is 11.5 Å². The van der Waals surface area contributed by atoms with Gasteiger partial charge in [0, 0.05) is 36.6 Å². The van der Waals surface area contributed by atoms with Crippen LogP contribution in [0.5, 0.6) is 0 Å². The van der Waals surface area contributed by atoms with Crippen molar-refractivity contribution in [2.24, 2.45) is 11.7 Å². The molecule has 2 N–H and O–H groups in total. The van der Waals surface area contributed by atoms with E-state index in [-0.39, 0.29) is 0 Å². The highest BCUT2D eigenvalue weighted by molar-refractivity contribution is 7.09. The normalized spacial score (nSPS) is 28.7. The van der Waals surface area contributed by atoms with Gasteiger partial charge in [0.1, 0.15) is 5.82 Å². The first-order valence-corrected chi connectivity index (χ1v) is 7.89. The van der Waals surface area contributed by atoms with Crippen molar-refractivity contribution >= 4 is 16.7 Å². The van der Waals surface area contributed by atoms with Crippen molar-refractivity contribution in [2.75, 3.05) is 18.0 Å². The highest BCUT2D eigenvalue weighted by Crippen LogP contribution is 2.40. The molecule has 0 amide bonds. The topological polar surface area (TPSA) is 55.0 Å². The van der Waals surface area contributed by atoms with Gasteiger partial charge in [-0.15, -0.1) is 0 Å². The lowest BCUT2D eigenvalue weighted by Crippen LogP contribution is -2.46. The van der Waals surface area contributed by atoms with Crippen LogP contribution in [-0.2, 0) is 0 Å². The highest BCUT2D eigenvalue weighted by atomic mass is 32.1. The predicted molar refractivity (Wildman–Crippen MR) is 75.1 cm³/mol. The van der Waals surface area contributed by atoms with Crippen molar-refractivity contribution < 1.29 is 0 Å². The molecule has 1 saturated carbocycles. The summed E-state index contributed by atoms with van der Waals surface area (Å²) in [5, 5.41) is 1.10. The minimum atomic E-state index is 0.462. The predicted octanol–water partition coefficient (Wildman–Crippen LogP) is 2.37. The minimum absolute atomic E-state index is 0.462. The molecule has 2 unspecified atom stereocenters. The van der Waals surface area contributed by atoms with Crippen LogP contribution in [0.3, 0.4) is 0 Å². The van der Waals surface area contributed by atoms with E-state index in [9.17, 15) is 0 Å². The fourth-order valence-corrected chi connectivity index (χ4v) is 3.68. The Bertz CT molecular complexity index is 401. The summed E-state index contributed by atoms with van der Waals surface area (Å²) >= 11 is 1.56. The molecule has 0 aromatic carbocycles. The number of nitrogens with zero attached hydrogens (tertiary/aromatic N) is 3. The Labute approximate surface area is 113 Å². The number of hydrogen-bond acceptors (Lipinski definition) is 5. The molecule has 1 aromatic heterocycles. The van der Waals surface area contributed by atoms with Gasteiger partial charge in [0.15, 0.2) is 0 Å². The maximum absolute atomic E-state index is 5.94. The first kappa shape index (κ1) is 12.4. The quantitative estimate of drug-likeness (QED) is 0.909. The monoisotopic (exact) mass is 266 g/mol. The molecule has 0 spiro atoms. The summed E-state index contributed by atoms with van der Waals surface area (Å²) in [5.74, 6) is 2.56. The number of piperidine rings is 1. The molecule has 2 aliphatic rings. The molecule has 3 rings (SSSR count). The van der Waals surface area contributed by atoms with E-state index in [1.165, 1.54) is 32.1 Å². The lowest BCUT2D eigenvalue weighted by molar-refractivity contribution is 0.335. The molecule has 2 heterocycles. The van der Waals surface area contributed by atoms with Gasteiger partial charge >= 0.3 is 0 Å². The minimum Gasteiger partial charge on any atom is -0.343 e. The Morgan fingerprint density at radius 2 is 2.22 bits per heavy atom. The second kappa shape index (κ2) is 5.13. The van der Waals surface area contributed by atoms with Crippen molar-refractivity contribution in [1.29, 1.82) is 0 Å². The van der Waals surface area contributed by atoms with Gasteiger partial charge in [-0.3, -0.25) is 0 Å².